The van der Waals surface area contributed by atoms with Crippen molar-refractivity contribution in [1.29, 1.82) is 0 Å². The van der Waals surface area contributed by atoms with Crippen LogP contribution in [0.5, 0.6) is 0 Å². The predicted octanol–water partition coefficient (Wildman–Crippen LogP) is 1.14. The number of hydrogen-bond donors (Lipinski definition) is 1. The summed E-state index contributed by atoms with van der Waals surface area (Å²) in [4.78, 5) is 17.6. The third kappa shape index (κ3) is 2.87. The third-order valence-corrected chi connectivity index (χ3v) is 2.94. The Morgan fingerprint density at radius 3 is 3.12 bits per heavy atom. The predicted molar refractivity (Wildman–Crippen MR) is 65.0 cm³/mol. The number of amides is 1. The van der Waals surface area contributed by atoms with E-state index in [9.17, 15) is 4.79 Å². The second-order valence-corrected chi connectivity index (χ2v) is 4.15. The highest BCUT2D eigenvalue weighted by Gasteiger charge is 2.20. The average molecular weight is 256 g/mol. The first kappa shape index (κ1) is 12.1. The van der Waals surface area contributed by atoms with Crippen LogP contribution in [0.15, 0.2) is 12.1 Å². The summed E-state index contributed by atoms with van der Waals surface area (Å²) >= 11 is 6.06. The fraction of sp³-hybridized carbons (Fsp3) is 0.455. The number of rotatable bonds is 3. The van der Waals surface area contributed by atoms with Crippen LogP contribution in [0, 0.1) is 0 Å². The summed E-state index contributed by atoms with van der Waals surface area (Å²) in [6.45, 7) is 1.72. The van der Waals surface area contributed by atoms with E-state index in [1.54, 1.807) is 24.1 Å². The lowest BCUT2D eigenvalue weighted by Crippen LogP contribution is -2.41. The van der Waals surface area contributed by atoms with Gasteiger partial charge in [0.15, 0.2) is 0 Å². The number of morpholine rings is 1. The number of halogens is 1. The topological polar surface area (TPSA) is 54.5 Å². The Kier molecular flexibility index (Phi) is 3.81. The number of pyridine rings is 1. The van der Waals surface area contributed by atoms with Crippen molar-refractivity contribution in [3.8, 4) is 0 Å². The van der Waals surface area contributed by atoms with Crippen molar-refractivity contribution in [2.75, 3.05) is 32.1 Å². The number of ether oxygens (including phenoxy) is 1. The number of carbonyl (C=O) groups is 1. The molecule has 2 heterocycles. The molecule has 5 nitrogen and oxygen atoms in total. The number of carbonyl (C=O) groups excluding carboxylic acids is 1. The van der Waals surface area contributed by atoms with Crippen LogP contribution in [0.1, 0.15) is 5.69 Å². The molecule has 92 valence electrons. The molecule has 6 heteroatoms. The van der Waals surface area contributed by atoms with Crippen molar-refractivity contribution in [3.05, 3.63) is 22.8 Å². The van der Waals surface area contributed by atoms with Gasteiger partial charge in [-0.1, -0.05) is 11.6 Å². The van der Waals surface area contributed by atoms with Gasteiger partial charge in [0.1, 0.15) is 12.4 Å². The van der Waals surface area contributed by atoms with E-state index < -0.39 is 0 Å². The summed E-state index contributed by atoms with van der Waals surface area (Å²) in [5.41, 5.74) is 0.703. The van der Waals surface area contributed by atoms with Crippen LogP contribution < -0.4 is 5.32 Å². The summed E-state index contributed by atoms with van der Waals surface area (Å²) in [5, 5.41) is 3.52. The number of anilines is 1. The first-order chi connectivity index (χ1) is 8.20. The summed E-state index contributed by atoms with van der Waals surface area (Å²) in [6.07, 6.45) is 0. The number of hydrogen-bond acceptors (Lipinski definition) is 4. The zero-order chi connectivity index (χ0) is 12.3. The monoisotopic (exact) mass is 255 g/mol. The zero-order valence-corrected chi connectivity index (χ0v) is 10.3. The smallest absolute Gasteiger partial charge is 0.249 e. The van der Waals surface area contributed by atoms with Gasteiger partial charge >= 0.3 is 0 Å². The van der Waals surface area contributed by atoms with E-state index in [0.717, 1.165) is 5.82 Å². The lowest BCUT2D eigenvalue weighted by molar-refractivity contribution is -0.143. The Morgan fingerprint density at radius 1 is 1.59 bits per heavy atom. The van der Waals surface area contributed by atoms with E-state index in [1.165, 1.54) is 0 Å². The maximum absolute atomic E-state index is 11.6. The first-order valence-corrected chi connectivity index (χ1v) is 5.77. The van der Waals surface area contributed by atoms with E-state index >= 15 is 0 Å². The Balaban J connectivity index is 2.14. The van der Waals surface area contributed by atoms with Gasteiger partial charge in [-0.2, -0.15) is 0 Å². The van der Waals surface area contributed by atoms with Gasteiger partial charge in [0.05, 0.1) is 23.9 Å². The van der Waals surface area contributed by atoms with Gasteiger partial charge in [-0.15, -0.1) is 0 Å². The molecule has 0 radical (unpaired) electrons. The molecule has 0 bridgehead atoms. The minimum atomic E-state index is -0.0241. The molecule has 1 aliphatic rings. The van der Waals surface area contributed by atoms with Gasteiger partial charge in [-0.05, 0) is 12.1 Å². The normalized spacial score (nSPS) is 16.1. The molecule has 2 rings (SSSR count). The number of nitrogens with one attached hydrogen (secondary N) is 1. The fourth-order valence-corrected chi connectivity index (χ4v) is 1.80. The zero-order valence-electron chi connectivity index (χ0n) is 9.57. The maximum Gasteiger partial charge on any atom is 0.249 e. The van der Waals surface area contributed by atoms with Crippen molar-refractivity contribution in [3.63, 3.8) is 0 Å². The van der Waals surface area contributed by atoms with E-state index in [2.05, 4.69) is 10.3 Å². The first-order valence-electron chi connectivity index (χ1n) is 5.39. The van der Waals surface area contributed by atoms with Gasteiger partial charge in [0.2, 0.25) is 5.91 Å². The van der Waals surface area contributed by atoms with Gasteiger partial charge in [-0.25, -0.2) is 4.98 Å². The highest BCUT2D eigenvalue weighted by Crippen LogP contribution is 2.18. The van der Waals surface area contributed by atoms with E-state index in [0.29, 0.717) is 30.4 Å². The average Bonchev–Trinajstić information content (AvgIpc) is 2.35. The molecule has 0 aromatic carbocycles. The lowest BCUT2D eigenvalue weighted by atomic mass is 10.3. The standard InChI is InChI=1S/C11H14ClN3O2/c1-13-10-3-2-8(12)9(14-10)6-15-4-5-17-7-11(15)16/h2-3H,4-7H2,1H3,(H,13,14). The molecule has 0 spiro atoms. The molecule has 1 amide bonds. The number of nitrogens with zero attached hydrogens (tertiary/aromatic N) is 2. The molecule has 0 aliphatic carbocycles. The summed E-state index contributed by atoms with van der Waals surface area (Å²) in [7, 11) is 1.79. The minimum absolute atomic E-state index is 0.0241. The Hall–Kier alpha value is -1.33. The molecule has 17 heavy (non-hydrogen) atoms. The molecule has 1 aromatic heterocycles. The van der Waals surface area contributed by atoms with Crippen molar-refractivity contribution in [2.45, 2.75) is 6.54 Å². The van der Waals surface area contributed by atoms with E-state index in [-0.39, 0.29) is 12.5 Å². The van der Waals surface area contributed by atoms with Crippen molar-refractivity contribution >= 4 is 23.3 Å². The molecule has 1 saturated heterocycles. The fourth-order valence-electron chi connectivity index (χ4n) is 1.63. The van der Waals surface area contributed by atoms with Gasteiger partial charge in [0.25, 0.3) is 0 Å². The van der Waals surface area contributed by atoms with Gasteiger partial charge in [-0.3, -0.25) is 4.79 Å². The summed E-state index contributed by atoms with van der Waals surface area (Å²) in [6, 6.07) is 3.58. The number of aromatic nitrogens is 1. The van der Waals surface area contributed by atoms with E-state index in [1.807, 2.05) is 0 Å². The van der Waals surface area contributed by atoms with Gasteiger partial charge in [0, 0.05) is 13.6 Å². The molecule has 0 atom stereocenters. The van der Waals surface area contributed by atoms with Gasteiger partial charge < -0.3 is 15.0 Å². The van der Waals surface area contributed by atoms with Crippen molar-refractivity contribution < 1.29 is 9.53 Å². The van der Waals surface area contributed by atoms with Crippen LogP contribution in [0.4, 0.5) is 5.82 Å². The third-order valence-electron chi connectivity index (χ3n) is 2.60. The Morgan fingerprint density at radius 2 is 2.41 bits per heavy atom. The molecule has 1 aromatic rings. The minimum Gasteiger partial charge on any atom is -0.373 e. The maximum atomic E-state index is 11.6. The summed E-state index contributed by atoms with van der Waals surface area (Å²) < 4.78 is 5.07. The van der Waals surface area contributed by atoms with Crippen LogP contribution in [-0.4, -0.2) is 42.6 Å². The highest BCUT2D eigenvalue weighted by molar-refractivity contribution is 6.31. The Labute approximate surface area is 105 Å². The largest absolute Gasteiger partial charge is 0.373 e. The van der Waals surface area contributed by atoms with Crippen LogP contribution in [-0.2, 0) is 16.1 Å². The van der Waals surface area contributed by atoms with Crippen LogP contribution in [0.2, 0.25) is 5.02 Å². The second-order valence-electron chi connectivity index (χ2n) is 3.74. The lowest BCUT2D eigenvalue weighted by Gasteiger charge is -2.26. The molecule has 1 aliphatic heterocycles. The van der Waals surface area contributed by atoms with E-state index in [4.69, 9.17) is 16.3 Å². The molecular weight excluding hydrogens is 242 g/mol. The SMILES string of the molecule is CNc1ccc(Cl)c(CN2CCOCC2=O)n1. The van der Waals surface area contributed by atoms with Crippen LogP contribution in [0.3, 0.4) is 0 Å². The molecule has 0 saturated carbocycles. The highest BCUT2D eigenvalue weighted by atomic mass is 35.5. The Bertz CT molecular complexity index is 425. The quantitative estimate of drug-likeness (QED) is 0.880. The van der Waals surface area contributed by atoms with Crippen LogP contribution in [0.25, 0.3) is 0 Å². The van der Waals surface area contributed by atoms with Crippen molar-refractivity contribution in [2.24, 2.45) is 0 Å². The molecule has 1 fully saturated rings. The molecule has 1 N–H and O–H groups in total. The van der Waals surface area contributed by atoms with Crippen LogP contribution >= 0.6 is 11.6 Å². The van der Waals surface area contributed by atoms with Crippen molar-refractivity contribution in [1.82, 2.24) is 9.88 Å². The summed E-state index contributed by atoms with van der Waals surface area (Å²) in [5.74, 6) is 0.717. The molecule has 0 unspecified atom stereocenters. The second kappa shape index (κ2) is 5.33. The molecular formula is C11H14ClN3O2.